The summed E-state index contributed by atoms with van der Waals surface area (Å²) >= 11 is 0. The smallest absolute Gasteiger partial charge is 0.253 e. The second kappa shape index (κ2) is 7.65. The molecule has 1 aromatic rings. The van der Waals surface area contributed by atoms with E-state index >= 15 is 0 Å². The van der Waals surface area contributed by atoms with Crippen molar-refractivity contribution in [2.24, 2.45) is 0 Å². The molecule has 0 spiro atoms. The Morgan fingerprint density at radius 1 is 1.55 bits per heavy atom. The van der Waals surface area contributed by atoms with E-state index in [1.165, 1.54) is 0 Å². The predicted octanol–water partition coefficient (Wildman–Crippen LogP) is 1.98. The minimum absolute atomic E-state index is 0.136. The van der Waals surface area contributed by atoms with Crippen LogP contribution in [0.1, 0.15) is 29.6 Å². The molecule has 2 N–H and O–H groups in total. The van der Waals surface area contributed by atoms with E-state index < -0.39 is 0 Å². The summed E-state index contributed by atoms with van der Waals surface area (Å²) in [4.78, 5) is 15.9. The zero-order valence-electron chi connectivity index (χ0n) is 11.6. The first-order chi connectivity index (χ1) is 9.79. The number of amides is 1. The van der Waals surface area contributed by atoms with Gasteiger partial charge in [-0.25, -0.2) is 4.98 Å². The van der Waals surface area contributed by atoms with Gasteiger partial charge in [-0.1, -0.05) is 6.08 Å². The number of hydrogen-bond acceptors (Lipinski definition) is 4. The highest BCUT2D eigenvalue weighted by Gasteiger charge is 2.14. The molecule has 1 atom stereocenters. The number of nitrogens with zero attached hydrogens (tertiary/aromatic N) is 1. The predicted molar refractivity (Wildman–Crippen MR) is 78.8 cm³/mol. The van der Waals surface area contributed by atoms with Gasteiger partial charge in [0, 0.05) is 25.9 Å². The van der Waals surface area contributed by atoms with E-state index in [2.05, 4.69) is 22.2 Å². The summed E-state index contributed by atoms with van der Waals surface area (Å²) in [6.45, 7) is 5.73. The third-order valence-electron chi connectivity index (χ3n) is 3.23. The van der Waals surface area contributed by atoms with Gasteiger partial charge in [0.1, 0.15) is 5.82 Å². The Balaban J connectivity index is 1.75. The highest BCUT2D eigenvalue weighted by Crippen LogP contribution is 2.15. The van der Waals surface area contributed by atoms with Crippen LogP contribution in [0.25, 0.3) is 0 Å². The Kier molecular flexibility index (Phi) is 5.55. The minimum Gasteiger partial charge on any atom is -0.378 e. The lowest BCUT2D eigenvalue weighted by Crippen LogP contribution is -2.23. The number of anilines is 1. The van der Waals surface area contributed by atoms with Gasteiger partial charge in [-0.15, -0.1) is 6.58 Å². The van der Waals surface area contributed by atoms with Crippen molar-refractivity contribution >= 4 is 11.7 Å². The number of hydrogen-bond donors (Lipinski definition) is 2. The van der Waals surface area contributed by atoms with E-state index in [1.807, 2.05) is 6.07 Å². The molecular formula is C15H21N3O2. The van der Waals surface area contributed by atoms with Crippen molar-refractivity contribution in [3.63, 3.8) is 0 Å². The summed E-state index contributed by atoms with van der Waals surface area (Å²) < 4.78 is 5.56. The molecule has 1 aliphatic heterocycles. The Hall–Kier alpha value is -1.88. The maximum Gasteiger partial charge on any atom is 0.253 e. The van der Waals surface area contributed by atoms with Gasteiger partial charge in [0.05, 0.1) is 11.7 Å². The Morgan fingerprint density at radius 2 is 2.45 bits per heavy atom. The summed E-state index contributed by atoms with van der Waals surface area (Å²) in [5.74, 6) is 0.645. The molecule has 108 valence electrons. The van der Waals surface area contributed by atoms with Crippen LogP contribution >= 0.6 is 0 Å². The Labute approximate surface area is 119 Å². The molecule has 1 aromatic heterocycles. The van der Waals surface area contributed by atoms with Crippen molar-refractivity contribution in [1.82, 2.24) is 10.3 Å². The van der Waals surface area contributed by atoms with Crippen molar-refractivity contribution in [2.75, 3.05) is 25.0 Å². The first kappa shape index (κ1) is 14.5. The average Bonchev–Trinajstić information content (AvgIpc) is 2.99. The quantitative estimate of drug-likeness (QED) is 0.747. The molecule has 5 nitrogen and oxygen atoms in total. The van der Waals surface area contributed by atoms with Crippen molar-refractivity contribution in [2.45, 2.75) is 25.4 Å². The number of nitrogens with one attached hydrogen (secondary N) is 2. The van der Waals surface area contributed by atoms with Crippen LogP contribution in [0.5, 0.6) is 0 Å². The molecule has 2 heterocycles. The highest BCUT2D eigenvalue weighted by atomic mass is 16.5. The molecule has 0 aromatic carbocycles. The lowest BCUT2D eigenvalue weighted by molar-refractivity contribution is 0.0957. The second-order valence-corrected chi connectivity index (χ2v) is 4.78. The van der Waals surface area contributed by atoms with Gasteiger partial charge in [-0.2, -0.15) is 0 Å². The standard InChI is InChI=1S/C15H21N3O2/c1-2-8-17-15(19)12-5-6-14(18-11-12)16-9-7-13-4-3-10-20-13/h2,5-6,11,13H,1,3-4,7-10H2,(H,16,18)(H,17,19). The van der Waals surface area contributed by atoms with Gasteiger partial charge in [0.15, 0.2) is 0 Å². The minimum atomic E-state index is -0.136. The zero-order valence-corrected chi connectivity index (χ0v) is 11.6. The fraction of sp³-hybridized carbons (Fsp3) is 0.467. The van der Waals surface area contributed by atoms with E-state index in [0.717, 1.165) is 38.2 Å². The van der Waals surface area contributed by atoms with Gasteiger partial charge in [0.2, 0.25) is 0 Å². The number of ether oxygens (including phenoxy) is 1. The molecule has 1 amide bonds. The molecular weight excluding hydrogens is 254 g/mol. The molecule has 1 saturated heterocycles. The van der Waals surface area contributed by atoms with Gasteiger partial charge in [-0.05, 0) is 31.4 Å². The van der Waals surface area contributed by atoms with Crippen LogP contribution in [-0.4, -0.2) is 36.7 Å². The zero-order chi connectivity index (χ0) is 14.2. The normalized spacial score (nSPS) is 17.7. The van der Waals surface area contributed by atoms with Gasteiger partial charge >= 0.3 is 0 Å². The van der Waals surface area contributed by atoms with Crippen LogP contribution in [0.2, 0.25) is 0 Å². The van der Waals surface area contributed by atoms with Gasteiger partial charge in [-0.3, -0.25) is 4.79 Å². The third kappa shape index (κ3) is 4.35. The van der Waals surface area contributed by atoms with E-state index in [1.54, 1.807) is 18.3 Å². The summed E-state index contributed by atoms with van der Waals surface area (Å²) in [6.07, 6.45) is 6.91. The summed E-state index contributed by atoms with van der Waals surface area (Å²) in [5.41, 5.74) is 0.552. The van der Waals surface area contributed by atoms with Crippen molar-refractivity contribution in [3.05, 3.63) is 36.5 Å². The molecule has 0 radical (unpaired) electrons. The topological polar surface area (TPSA) is 63.2 Å². The highest BCUT2D eigenvalue weighted by molar-refractivity contribution is 5.94. The first-order valence-electron chi connectivity index (χ1n) is 7.00. The average molecular weight is 275 g/mol. The van der Waals surface area contributed by atoms with Crippen molar-refractivity contribution in [1.29, 1.82) is 0 Å². The van der Waals surface area contributed by atoms with Crippen LogP contribution in [0.15, 0.2) is 31.0 Å². The molecule has 1 unspecified atom stereocenters. The summed E-state index contributed by atoms with van der Waals surface area (Å²) in [5, 5.41) is 5.96. The molecule has 0 saturated carbocycles. The second-order valence-electron chi connectivity index (χ2n) is 4.78. The molecule has 1 aliphatic rings. The Morgan fingerprint density at radius 3 is 3.10 bits per heavy atom. The van der Waals surface area contributed by atoms with E-state index in [9.17, 15) is 4.79 Å². The summed E-state index contributed by atoms with van der Waals surface area (Å²) in [7, 11) is 0. The largest absolute Gasteiger partial charge is 0.378 e. The van der Waals surface area contributed by atoms with E-state index in [0.29, 0.717) is 18.2 Å². The van der Waals surface area contributed by atoms with Gasteiger partial charge in [0.25, 0.3) is 5.91 Å². The number of rotatable bonds is 7. The maximum atomic E-state index is 11.7. The monoisotopic (exact) mass is 275 g/mol. The van der Waals surface area contributed by atoms with Crippen LogP contribution in [-0.2, 0) is 4.74 Å². The van der Waals surface area contributed by atoms with Crippen LogP contribution < -0.4 is 10.6 Å². The molecule has 0 bridgehead atoms. The first-order valence-corrected chi connectivity index (χ1v) is 7.00. The van der Waals surface area contributed by atoms with E-state index in [4.69, 9.17) is 4.74 Å². The molecule has 0 aliphatic carbocycles. The van der Waals surface area contributed by atoms with Crippen molar-refractivity contribution < 1.29 is 9.53 Å². The number of carbonyl (C=O) groups is 1. The molecule has 20 heavy (non-hydrogen) atoms. The SMILES string of the molecule is C=CCNC(=O)c1ccc(NCCC2CCCO2)nc1. The van der Waals surface area contributed by atoms with E-state index in [-0.39, 0.29) is 5.91 Å². The molecule has 2 rings (SSSR count). The number of carbonyl (C=O) groups excluding carboxylic acids is 1. The fourth-order valence-corrected chi connectivity index (χ4v) is 2.13. The third-order valence-corrected chi connectivity index (χ3v) is 3.23. The lowest BCUT2D eigenvalue weighted by atomic mass is 10.2. The van der Waals surface area contributed by atoms with Crippen LogP contribution in [0.3, 0.4) is 0 Å². The molecule has 1 fully saturated rings. The van der Waals surface area contributed by atoms with Crippen LogP contribution in [0.4, 0.5) is 5.82 Å². The van der Waals surface area contributed by atoms with Gasteiger partial charge < -0.3 is 15.4 Å². The lowest BCUT2D eigenvalue weighted by Gasteiger charge is -2.10. The number of aromatic nitrogens is 1. The Bertz CT molecular complexity index is 439. The fourth-order valence-electron chi connectivity index (χ4n) is 2.13. The number of pyridine rings is 1. The molecule has 5 heteroatoms. The van der Waals surface area contributed by atoms with Crippen molar-refractivity contribution in [3.8, 4) is 0 Å². The maximum absolute atomic E-state index is 11.7. The van der Waals surface area contributed by atoms with Crippen LogP contribution in [0, 0.1) is 0 Å². The summed E-state index contributed by atoms with van der Waals surface area (Å²) in [6, 6.07) is 3.58.